The van der Waals surface area contributed by atoms with Crippen LogP contribution in [0.2, 0.25) is 0 Å². The van der Waals surface area contributed by atoms with Crippen LogP contribution in [0.3, 0.4) is 0 Å². The van der Waals surface area contributed by atoms with E-state index in [4.69, 9.17) is 4.74 Å². The number of rotatable bonds is 3. The molecule has 0 radical (unpaired) electrons. The van der Waals surface area contributed by atoms with Crippen molar-refractivity contribution in [3.63, 3.8) is 0 Å². The molecule has 0 aromatic heterocycles. The molecule has 2 unspecified atom stereocenters. The fourth-order valence-corrected chi connectivity index (χ4v) is 3.54. The van der Waals surface area contributed by atoms with Crippen molar-refractivity contribution in [3.05, 3.63) is 0 Å². The molecular weight excluding hydrogens is 236 g/mol. The first kappa shape index (κ1) is 15.3. The molecule has 0 aliphatic carbocycles. The third-order valence-corrected chi connectivity index (χ3v) is 5.00. The molecule has 2 fully saturated rings. The highest BCUT2D eigenvalue weighted by Gasteiger charge is 2.30. The number of morpholine rings is 1. The van der Waals surface area contributed by atoms with Gasteiger partial charge in [-0.05, 0) is 50.6 Å². The topological polar surface area (TPSA) is 24.5 Å². The van der Waals surface area contributed by atoms with Crippen LogP contribution >= 0.6 is 0 Å². The van der Waals surface area contributed by atoms with Gasteiger partial charge in [-0.2, -0.15) is 0 Å². The standard InChI is InChI=1S/C16H32N2O/c1-13(11-15-12-19-10-7-17-15)18-8-5-14(6-9-18)16(2,3)4/h13-15,17H,5-12H2,1-4H3. The van der Waals surface area contributed by atoms with E-state index in [1.165, 1.54) is 32.4 Å². The van der Waals surface area contributed by atoms with Gasteiger partial charge in [0.1, 0.15) is 0 Å². The SMILES string of the molecule is CC(CC1COCCN1)N1CCC(C(C)(C)C)CC1. The van der Waals surface area contributed by atoms with E-state index in [2.05, 4.69) is 37.9 Å². The first-order valence-corrected chi connectivity index (χ1v) is 8.02. The number of hydrogen-bond donors (Lipinski definition) is 1. The molecule has 0 bridgehead atoms. The molecular formula is C16H32N2O. The highest BCUT2D eigenvalue weighted by atomic mass is 16.5. The van der Waals surface area contributed by atoms with Crippen LogP contribution in [0.5, 0.6) is 0 Å². The minimum Gasteiger partial charge on any atom is -0.379 e. The Hall–Kier alpha value is -0.120. The van der Waals surface area contributed by atoms with E-state index in [9.17, 15) is 0 Å². The van der Waals surface area contributed by atoms with Crippen LogP contribution in [0.25, 0.3) is 0 Å². The monoisotopic (exact) mass is 268 g/mol. The summed E-state index contributed by atoms with van der Waals surface area (Å²) >= 11 is 0. The van der Waals surface area contributed by atoms with Gasteiger partial charge in [-0.25, -0.2) is 0 Å². The average Bonchev–Trinajstić information content (AvgIpc) is 2.39. The molecule has 19 heavy (non-hydrogen) atoms. The number of likely N-dealkylation sites (tertiary alicyclic amines) is 1. The summed E-state index contributed by atoms with van der Waals surface area (Å²) in [5.74, 6) is 0.895. The first-order chi connectivity index (χ1) is 8.97. The van der Waals surface area contributed by atoms with Gasteiger partial charge in [-0.1, -0.05) is 20.8 Å². The van der Waals surface area contributed by atoms with Crippen LogP contribution in [0, 0.1) is 11.3 Å². The molecule has 2 saturated heterocycles. The van der Waals surface area contributed by atoms with Crippen LogP contribution in [0.15, 0.2) is 0 Å². The Balaban J connectivity index is 1.74. The summed E-state index contributed by atoms with van der Waals surface area (Å²) < 4.78 is 5.55. The lowest BCUT2D eigenvalue weighted by Crippen LogP contribution is -2.48. The molecule has 0 aromatic rings. The summed E-state index contributed by atoms with van der Waals surface area (Å²) in [6, 6.07) is 1.24. The molecule has 2 atom stereocenters. The number of piperidine rings is 1. The second-order valence-corrected chi connectivity index (χ2v) is 7.49. The van der Waals surface area contributed by atoms with E-state index in [0.717, 1.165) is 25.7 Å². The van der Waals surface area contributed by atoms with Gasteiger partial charge in [0.2, 0.25) is 0 Å². The van der Waals surface area contributed by atoms with Crippen LogP contribution in [0.4, 0.5) is 0 Å². The summed E-state index contributed by atoms with van der Waals surface area (Å²) in [5, 5.41) is 3.57. The van der Waals surface area contributed by atoms with Crippen molar-refractivity contribution in [2.75, 3.05) is 32.8 Å². The smallest absolute Gasteiger partial charge is 0.0620 e. The van der Waals surface area contributed by atoms with Gasteiger partial charge in [-0.3, -0.25) is 0 Å². The molecule has 2 aliphatic rings. The molecule has 1 N–H and O–H groups in total. The summed E-state index contributed by atoms with van der Waals surface area (Å²) in [4.78, 5) is 2.68. The third-order valence-electron chi connectivity index (χ3n) is 5.00. The Labute approximate surface area is 119 Å². The Morgan fingerprint density at radius 1 is 1.26 bits per heavy atom. The van der Waals surface area contributed by atoms with E-state index in [1.807, 2.05) is 0 Å². The maximum atomic E-state index is 5.55. The highest BCUT2D eigenvalue weighted by Crippen LogP contribution is 2.34. The summed E-state index contributed by atoms with van der Waals surface area (Å²) in [7, 11) is 0. The molecule has 3 nitrogen and oxygen atoms in total. The van der Waals surface area contributed by atoms with Crippen molar-refractivity contribution >= 4 is 0 Å². The number of ether oxygens (including phenoxy) is 1. The minimum atomic E-state index is 0.480. The molecule has 2 heterocycles. The summed E-state index contributed by atoms with van der Waals surface area (Å²) in [6.45, 7) is 14.9. The Morgan fingerprint density at radius 3 is 2.47 bits per heavy atom. The zero-order chi connectivity index (χ0) is 13.9. The van der Waals surface area contributed by atoms with Gasteiger partial charge in [0.25, 0.3) is 0 Å². The fourth-order valence-electron chi connectivity index (χ4n) is 3.54. The maximum Gasteiger partial charge on any atom is 0.0620 e. The largest absolute Gasteiger partial charge is 0.379 e. The van der Waals surface area contributed by atoms with E-state index >= 15 is 0 Å². The molecule has 3 heteroatoms. The lowest BCUT2D eigenvalue weighted by molar-refractivity contribution is 0.0478. The molecule has 112 valence electrons. The Morgan fingerprint density at radius 2 is 1.95 bits per heavy atom. The third kappa shape index (κ3) is 4.44. The van der Waals surface area contributed by atoms with Gasteiger partial charge in [0.05, 0.1) is 13.2 Å². The summed E-state index contributed by atoms with van der Waals surface area (Å²) in [5.41, 5.74) is 0.480. The van der Waals surface area contributed by atoms with E-state index in [-0.39, 0.29) is 0 Å². The molecule has 0 spiro atoms. The van der Waals surface area contributed by atoms with Gasteiger partial charge in [-0.15, -0.1) is 0 Å². The van der Waals surface area contributed by atoms with Gasteiger partial charge < -0.3 is 15.0 Å². The quantitative estimate of drug-likeness (QED) is 0.851. The average molecular weight is 268 g/mol. The predicted octanol–water partition coefficient (Wildman–Crippen LogP) is 2.51. The normalized spacial score (nSPS) is 29.4. The molecule has 0 aromatic carbocycles. The van der Waals surface area contributed by atoms with E-state index in [0.29, 0.717) is 17.5 Å². The minimum absolute atomic E-state index is 0.480. The Bertz CT molecular complexity index is 260. The number of nitrogens with zero attached hydrogens (tertiary/aromatic N) is 1. The van der Waals surface area contributed by atoms with Crippen molar-refractivity contribution < 1.29 is 4.74 Å². The van der Waals surface area contributed by atoms with E-state index < -0.39 is 0 Å². The molecule has 0 saturated carbocycles. The fraction of sp³-hybridized carbons (Fsp3) is 1.00. The highest BCUT2D eigenvalue weighted by molar-refractivity contribution is 4.84. The van der Waals surface area contributed by atoms with Crippen molar-refractivity contribution in [1.29, 1.82) is 0 Å². The van der Waals surface area contributed by atoms with Crippen LogP contribution in [0.1, 0.15) is 47.0 Å². The van der Waals surface area contributed by atoms with Gasteiger partial charge >= 0.3 is 0 Å². The van der Waals surface area contributed by atoms with Crippen molar-refractivity contribution in [3.8, 4) is 0 Å². The van der Waals surface area contributed by atoms with Crippen molar-refractivity contribution in [1.82, 2.24) is 10.2 Å². The second-order valence-electron chi connectivity index (χ2n) is 7.49. The van der Waals surface area contributed by atoms with Crippen LogP contribution < -0.4 is 5.32 Å². The Kier molecular flexibility index (Phi) is 5.27. The van der Waals surface area contributed by atoms with Gasteiger partial charge in [0, 0.05) is 18.6 Å². The van der Waals surface area contributed by atoms with Crippen molar-refractivity contribution in [2.24, 2.45) is 11.3 Å². The van der Waals surface area contributed by atoms with Crippen molar-refractivity contribution in [2.45, 2.75) is 59.0 Å². The lowest BCUT2D eigenvalue weighted by Gasteiger charge is -2.42. The molecule has 2 rings (SSSR count). The number of nitrogens with one attached hydrogen (secondary N) is 1. The van der Waals surface area contributed by atoms with Gasteiger partial charge in [0.15, 0.2) is 0 Å². The summed E-state index contributed by atoms with van der Waals surface area (Å²) in [6.07, 6.45) is 3.95. The predicted molar refractivity (Wildman–Crippen MR) is 80.4 cm³/mol. The van der Waals surface area contributed by atoms with Crippen LogP contribution in [-0.4, -0.2) is 49.8 Å². The first-order valence-electron chi connectivity index (χ1n) is 8.02. The maximum absolute atomic E-state index is 5.55. The van der Waals surface area contributed by atoms with E-state index in [1.54, 1.807) is 0 Å². The molecule has 2 aliphatic heterocycles. The number of hydrogen-bond acceptors (Lipinski definition) is 3. The van der Waals surface area contributed by atoms with Crippen LogP contribution in [-0.2, 0) is 4.74 Å². The zero-order valence-corrected chi connectivity index (χ0v) is 13.2. The zero-order valence-electron chi connectivity index (χ0n) is 13.2. The molecule has 0 amide bonds. The second kappa shape index (κ2) is 6.55. The lowest BCUT2D eigenvalue weighted by atomic mass is 9.75.